The van der Waals surface area contributed by atoms with Crippen LogP contribution in [0.15, 0.2) is 108 Å². The van der Waals surface area contributed by atoms with Gasteiger partial charge in [0.05, 0.1) is 22.5 Å². The highest BCUT2D eigenvalue weighted by atomic mass is 16.6. The van der Waals surface area contributed by atoms with Gasteiger partial charge in [-0.05, 0) is 54.1 Å². The smallest absolute Gasteiger partial charge is 0.287 e. The van der Waals surface area contributed by atoms with E-state index in [0.29, 0.717) is 5.75 Å². The maximum Gasteiger partial charge on any atom is 0.287 e. The van der Waals surface area contributed by atoms with Gasteiger partial charge in [0.15, 0.2) is 0 Å². The Hall–Kier alpha value is -4.52. The number of anilines is 2. The van der Waals surface area contributed by atoms with E-state index < -0.39 is 4.92 Å². The summed E-state index contributed by atoms with van der Waals surface area (Å²) in [5.41, 5.74) is 2.71. The van der Waals surface area contributed by atoms with E-state index in [9.17, 15) is 10.1 Å². The second-order valence-electron chi connectivity index (χ2n) is 6.51. The largest absolute Gasteiger partial charge is 0.439 e. The van der Waals surface area contributed by atoms with E-state index in [2.05, 4.69) is 10.1 Å². The van der Waals surface area contributed by atoms with Crippen LogP contribution in [0.3, 0.4) is 0 Å². The number of rotatable bonds is 7. The summed E-state index contributed by atoms with van der Waals surface area (Å²) in [4.78, 5) is 14.2. The predicted octanol–water partition coefficient (Wildman–Crippen LogP) is 5.95. The molecule has 0 aliphatic rings. The van der Waals surface area contributed by atoms with Crippen LogP contribution in [0.4, 0.5) is 17.1 Å². The van der Waals surface area contributed by atoms with Gasteiger partial charge in [0, 0.05) is 12.1 Å². The van der Waals surface area contributed by atoms with Crippen molar-refractivity contribution in [3.63, 3.8) is 0 Å². The summed E-state index contributed by atoms with van der Waals surface area (Å²) in [5.74, 6) is 0.854. The molecule has 1 aromatic heterocycles. The van der Waals surface area contributed by atoms with Crippen molar-refractivity contribution in [2.24, 2.45) is 5.10 Å². The highest BCUT2D eigenvalue weighted by molar-refractivity contribution is 5.82. The van der Waals surface area contributed by atoms with Gasteiger partial charge in [-0.3, -0.25) is 10.1 Å². The second kappa shape index (κ2) is 9.32. The molecule has 0 atom stereocenters. The zero-order chi connectivity index (χ0) is 21.5. The van der Waals surface area contributed by atoms with Crippen LogP contribution in [0.2, 0.25) is 0 Å². The van der Waals surface area contributed by atoms with Gasteiger partial charge in [-0.1, -0.05) is 36.4 Å². The van der Waals surface area contributed by atoms with Gasteiger partial charge >= 0.3 is 0 Å². The van der Waals surface area contributed by atoms with Gasteiger partial charge in [0.1, 0.15) is 11.9 Å². The van der Waals surface area contributed by atoms with Gasteiger partial charge < -0.3 is 4.74 Å². The molecule has 0 N–H and O–H groups in total. The summed E-state index contributed by atoms with van der Waals surface area (Å²) in [6.45, 7) is 0. The number of hydrazone groups is 1. The normalized spacial score (nSPS) is 10.7. The molecule has 0 bridgehead atoms. The molecule has 0 spiro atoms. The monoisotopic (exact) mass is 410 g/mol. The molecule has 0 saturated heterocycles. The third-order valence-electron chi connectivity index (χ3n) is 4.36. The van der Waals surface area contributed by atoms with Crippen molar-refractivity contribution < 1.29 is 9.66 Å². The Morgan fingerprint density at radius 2 is 1.45 bits per heavy atom. The molecule has 0 saturated carbocycles. The van der Waals surface area contributed by atoms with Crippen LogP contribution in [0.25, 0.3) is 0 Å². The highest BCUT2D eigenvalue weighted by Crippen LogP contribution is 2.25. The second-order valence-corrected chi connectivity index (χ2v) is 6.51. The highest BCUT2D eigenvalue weighted by Gasteiger charge is 2.08. The third-order valence-corrected chi connectivity index (χ3v) is 4.36. The molecule has 3 aromatic carbocycles. The maximum absolute atomic E-state index is 10.7. The van der Waals surface area contributed by atoms with E-state index in [0.717, 1.165) is 23.1 Å². The maximum atomic E-state index is 10.7. The van der Waals surface area contributed by atoms with Crippen LogP contribution >= 0.6 is 0 Å². The molecular weight excluding hydrogens is 392 g/mol. The first-order valence-electron chi connectivity index (χ1n) is 9.51. The number of hydrogen-bond donors (Lipinski definition) is 0. The van der Waals surface area contributed by atoms with Crippen molar-refractivity contribution in [3.8, 4) is 11.6 Å². The van der Waals surface area contributed by atoms with Gasteiger partial charge in [0.25, 0.3) is 5.69 Å². The molecule has 0 aliphatic heterocycles. The number of aromatic nitrogens is 1. The zero-order valence-corrected chi connectivity index (χ0v) is 16.4. The Morgan fingerprint density at radius 1 is 0.839 bits per heavy atom. The predicted molar refractivity (Wildman–Crippen MR) is 120 cm³/mol. The lowest BCUT2D eigenvalue weighted by atomic mass is 10.2. The number of benzene rings is 3. The van der Waals surface area contributed by atoms with E-state index >= 15 is 0 Å². The summed E-state index contributed by atoms with van der Waals surface area (Å²) in [6, 6.07) is 30.0. The standard InChI is InChI=1S/C24H18N4O3/c29-28(30)22-13-16-24(25-18-22)31-23-14-11-19(12-15-23)17-26-27(20-7-3-1-4-8-20)21-9-5-2-6-10-21/h1-18H/b26-17-. The molecule has 0 amide bonds. The summed E-state index contributed by atoms with van der Waals surface area (Å²) < 4.78 is 5.64. The zero-order valence-electron chi connectivity index (χ0n) is 16.4. The first-order chi connectivity index (χ1) is 15.2. The Balaban J connectivity index is 1.49. The quantitative estimate of drug-likeness (QED) is 0.213. The summed E-state index contributed by atoms with van der Waals surface area (Å²) >= 11 is 0. The number of nitrogens with zero attached hydrogens (tertiary/aromatic N) is 4. The van der Waals surface area contributed by atoms with Crippen LogP contribution in [-0.2, 0) is 0 Å². The lowest BCUT2D eigenvalue weighted by Crippen LogP contribution is -2.09. The van der Waals surface area contributed by atoms with E-state index in [1.54, 1.807) is 18.3 Å². The van der Waals surface area contributed by atoms with E-state index in [1.807, 2.05) is 77.8 Å². The molecular formula is C24H18N4O3. The Kier molecular flexibility index (Phi) is 5.95. The molecule has 1 heterocycles. The van der Waals surface area contributed by atoms with Crippen LogP contribution in [-0.4, -0.2) is 16.1 Å². The van der Waals surface area contributed by atoms with E-state index in [4.69, 9.17) is 4.74 Å². The van der Waals surface area contributed by atoms with Crippen LogP contribution in [0, 0.1) is 10.1 Å². The molecule has 7 nitrogen and oxygen atoms in total. The molecule has 4 rings (SSSR count). The van der Waals surface area contributed by atoms with Gasteiger partial charge in [0.2, 0.25) is 5.88 Å². The first-order valence-corrected chi connectivity index (χ1v) is 9.51. The number of ether oxygens (including phenoxy) is 1. The molecule has 31 heavy (non-hydrogen) atoms. The van der Waals surface area contributed by atoms with Crippen LogP contribution in [0.5, 0.6) is 11.6 Å². The Morgan fingerprint density at radius 3 is 1.97 bits per heavy atom. The summed E-state index contributed by atoms with van der Waals surface area (Å²) in [6.07, 6.45) is 2.94. The van der Waals surface area contributed by atoms with Crippen molar-refractivity contribution in [2.75, 3.05) is 5.01 Å². The fraction of sp³-hybridized carbons (Fsp3) is 0. The number of hydrogen-bond acceptors (Lipinski definition) is 6. The van der Waals surface area contributed by atoms with Crippen molar-refractivity contribution in [1.29, 1.82) is 0 Å². The third kappa shape index (κ3) is 5.10. The number of pyridine rings is 1. The Bertz CT molecular complexity index is 1120. The molecule has 0 unspecified atom stereocenters. The number of nitro groups is 1. The van der Waals surface area contributed by atoms with Gasteiger partial charge in [-0.2, -0.15) is 5.10 Å². The van der Waals surface area contributed by atoms with Crippen molar-refractivity contribution in [1.82, 2.24) is 4.98 Å². The minimum absolute atomic E-state index is 0.0831. The van der Waals surface area contributed by atoms with Crippen molar-refractivity contribution in [2.45, 2.75) is 0 Å². The minimum atomic E-state index is -0.501. The average Bonchev–Trinajstić information content (AvgIpc) is 2.82. The van der Waals surface area contributed by atoms with Crippen LogP contribution < -0.4 is 9.75 Å². The van der Waals surface area contributed by atoms with E-state index in [1.165, 1.54) is 12.1 Å². The van der Waals surface area contributed by atoms with Crippen molar-refractivity contribution >= 4 is 23.3 Å². The lowest BCUT2D eigenvalue weighted by molar-refractivity contribution is -0.385. The van der Waals surface area contributed by atoms with Crippen molar-refractivity contribution in [3.05, 3.63) is 119 Å². The molecule has 0 aliphatic carbocycles. The summed E-state index contributed by atoms with van der Waals surface area (Å²) in [5, 5.41) is 17.2. The topological polar surface area (TPSA) is 80.9 Å². The fourth-order valence-electron chi connectivity index (χ4n) is 2.83. The van der Waals surface area contributed by atoms with E-state index in [-0.39, 0.29) is 11.6 Å². The molecule has 4 aromatic rings. The lowest BCUT2D eigenvalue weighted by Gasteiger charge is -2.19. The average molecular weight is 410 g/mol. The number of para-hydroxylation sites is 2. The molecule has 152 valence electrons. The minimum Gasteiger partial charge on any atom is -0.439 e. The first kappa shape index (κ1) is 19.8. The van der Waals surface area contributed by atoms with Crippen LogP contribution in [0.1, 0.15) is 5.56 Å². The molecule has 0 radical (unpaired) electrons. The van der Waals surface area contributed by atoms with Gasteiger partial charge in [-0.25, -0.2) is 9.99 Å². The SMILES string of the molecule is O=[N+]([O-])c1ccc(Oc2ccc(/C=N\N(c3ccccc3)c3ccccc3)cc2)nc1. The Labute approximate surface area is 179 Å². The molecule has 0 fully saturated rings. The summed E-state index contributed by atoms with van der Waals surface area (Å²) in [7, 11) is 0. The molecule has 7 heteroatoms. The fourth-order valence-corrected chi connectivity index (χ4v) is 2.83. The van der Waals surface area contributed by atoms with Gasteiger partial charge in [-0.15, -0.1) is 0 Å².